The summed E-state index contributed by atoms with van der Waals surface area (Å²) in [7, 11) is 1.70. The van der Waals surface area contributed by atoms with E-state index in [0.717, 1.165) is 29.5 Å². The summed E-state index contributed by atoms with van der Waals surface area (Å²) in [6.45, 7) is 5.83. The SMILES string of the molecule is CCC(C)c1nc(NCCOC)sc1-c1ccc(Nc2ncccn2)cc1. The molecule has 2 heterocycles. The summed E-state index contributed by atoms with van der Waals surface area (Å²) in [5.41, 5.74) is 3.27. The van der Waals surface area contributed by atoms with Gasteiger partial charge in [0.2, 0.25) is 5.95 Å². The molecule has 2 aromatic heterocycles. The summed E-state index contributed by atoms with van der Waals surface area (Å²) in [6.07, 6.45) is 4.49. The van der Waals surface area contributed by atoms with Gasteiger partial charge in [-0.2, -0.15) is 0 Å². The summed E-state index contributed by atoms with van der Waals surface area (Å²) in [5.74, 6) is 0.998. The molecule has 0 spiro atoms. The quantitative estimate of drug-likeness (QED) is 0.511. The lowest BCUT2D eigenvalue weighted by Gasteiger charge is -2.09. The minimum Gasteiger partial charge on any atom is -0.383 e. The first-order valence-electron chi connectivity index (χ1n) is 9.09. The fourth-order valence-electron chi connectivity index (χ4n) is 2.60. The number of rotatable bonds is 9. The number of thiazole rings is 1. The number of anilines is 3. The van der Waals surface area contributed by atoms with E-state index in [9.17, 15) is 0 Å². The molecule has 0 aliphatic carbocycles. The molecular weight excluding hydrogens is 358 g/mol. The predicted octanol–water partition coefficient (Wildman–Crippen LogP) is 4.92. The molecular formula is C20H25N5OS. The van der Waals surface area contributed by atoms with Gasteiger partial charge in [0.05, 0.1) is 17.2 Å². The van der Waals surface area contributed by atoms with Crippen molar-refractivity contribution in [1.29, 1.82) is 0 Å². The predicted molar refractivity (Wildman–Crippen MR) is 112 cm³/mol. The van der Waals surface area contributed by atoms with Crippen molar-refractivity contribution < 1.29 is 4.74 Å². The van der Waals surface area contributed by atoms with Crippen LogP contribution >= 0.6 is 11.3 Å². The van der Waals surface area contributed by atoms with Crippen LogP contribution in [0.4, 0.5) is 16.8 Å². The number of ether oxygens (including phenoxy) is 1. The second-order valence-electron chi connectivity index (χ2n) is 6.24. The Morgan fingerprint density at radius 1 is 1.15 bits per heavy atom. The van der Waals surface area contributed by atoms with Gasteiger partial charge in [0.1, 0.15) is 0 Å². The molecule has 0 fully saturated rings. The maximum absolute atomic E-state index is 5.11. The van der Waals surface area contributed by atoms with Gasteiger partial charge in [0.25, 0.3) is 0 Å². The van der Waals surface area contributed by atoms with Crippen LogP contribution in [0, 0.1) is 0 Å². The van der Waals surface area contributed by atoms with Crippen LogP contribution in [0.5, 0.6) is 0 Å². The number of nitrogens with zero attached hydrogens (tertiary/aromatic N) is 3. The van der Waals surface area contributed by atoms with Crippen LogP contribution in [0.15, 0.2) is 42.7 Å². The Hall–Kier alpha value is -2.51. The number of benzene rings is 1. The summed E-state index contributed by atoms with van der Waals surface area (Å²) >= 11 is 1.69. The zero-order valence-electron chi connectivity index (χ0n) is 15.9. The smallest absolute Gasteiger partial charge is 0.227 e. The van der Waals surface area contributed by atoms with Crippen LogP contribution in [0.25, 0.3) is 10.4 Å². The summed E-state index contributed by atoms with van der Waals surface area (Å²) in [4.78, 5) is 14.4. The molecule has 0 aliphatic rings. The van der Waals surface area contributed by atoms with Gasteiger partial charge in [0, 0.05) is 31.7 Å². The lowest BCUT2D eigenvalue weighted by Crippen LogP contribution is -2.07. The molecule has 1 unspecified atom stereocenters. The summed E-state index contributed by atoms with van der Waals surface area (Å²) in [5, 5.41) is 7.50. The molecule has 2 N–H and O–H groups in total. The van der Waals surface area contributed by atoms with Crippen molar-refractivity contribution in [2.24, 2.45) is 0 Å². The topological polar surface area (TPSA) is 72.0 Å². The fraction of sp³-hybridized carbons (Fsp3) is 0.350. The van der Waals surface area contributed by atoms with Crippen LogP contribution in [-0.4, -0.2) is 35.2 Å². The Balaban J connectivity index is 1.81. The van der Waals surface area contributed by atoms with Crippen molar-refractivity contribution in [3.63, 3.8) is 0 Å². The molecule has 0 amide bonds. The Kier molecular flexibility index (Phi) is 6.73. The molecule has 1 atom stereocenters. The largest absolute Gasteiger partial charge is 0.383 e. The van der Waals surface area contributed by atoms with Crippen molar-refractivity contribution in [3.8, 4) is 10.4 Å². The molecule has 0 saturated carbocycles. The third kappa shape index (κ3) is 5.02. The molecule has 3 rings (SSSR count). The summed E-state index contributed by atoms with van der Waals surface area (Å²) < 4.78 is 5.11. The van der Waals surface area contributed by atoms with E-state index < -0.39 is 0 Å². The molecule has 3 aromatic rings. The first-order valence-corrected chi connectivity index (χ1v) is 9.91. The molecule has 0 bridgehead atoms. The van der Waals surface area contributed by atoms with Crippen molar-refractivity contribution in [1.82, 2.24) is 15.0 Å². The van der Waals surface area contributed by atoms with Gasteiger partial charge < -0.3 is 15.4 Å². The number of hydrogen-bond acceptors (Lipinski definition) is 7. The normalized spacial score (nSPS) is 12.0. The van der Waals surface area contributed by atoms with Crippen molar-refractivity contribution >= 4 is 28.1 Å². The molecule has 6 nitrogen and oxygen atoms in total. The van der Waals surface area contributed by atoms with Gasteiger partial charge in [0.15, 0.2) is 5.13 Å². The van der Waals surface area contributed by atoms with Crippen LogP contribution < -0.4 is 10.6 Å². The van der Waals surface area contributed by atoms with Crippen molar-refractivity contribution in [2.45, 2.75) is 26.2 Å². The second-order valence-corrected chi connectivity index (χ2v) is 7.24. The first kappa shape index (κ1) is 19.3. The van der Waals surface area contributed by atoms with E-state index in [1.807, 2.05) is 12.1 Å². The Bertz CT molecular complexity index is 835. The lowest BCUT2D eigenvalue weighted by molar-refractivity contribution is 0.211. The van der Waals surface area contributed by atoms with Gasteiger partial charge >= 0.3 is 0 Å². The van der Waals surface area contributed by atoms with E-state index in [4.69, 9.17) is 9.72 Å². The highest BCUT2D eigenvalue weighted by atomic mass is 32.1. The van der Waals surface area contributed by atoms with Gasteiger partial charge in [-0.3, -0.25) is 0 Å². The minimum absolute atomic E-state index is 0.407. The van der Waals surface area contributed by atoms with Gasteiger partial charge in [-0.15, -0.1) is 0 Å². The third-order valence-electron chi connectivity index (χ3n) is 4.28. The Morgan fingerprint density at radius 2 is 1.89 bits per heavy atom. The van der Waals surface area contributed by atoms with Crippen molar-refractivity contribution in [3.05, 3.63) is 48.4 Å². The Morgan fingerprint density at radius 3 is 2.56 bits per heavy atom. The minimum atomic E-state index is 0.407. The van der Waals surface area contributed by atoms with Gasteiger partial charge in [-0.1, -0.05) is 37.3 Å². The van der Waals surface area contributed by atoms with E-state index in [1.54, 1.807) is 36.9 Å². The van der Waals surface area contributed by atoms with Gasteiger partial charge in [-0.05, 0) is 36.1 Å². The standard InChI is InChI=1S/C20H25N5OS/c1-4-14(2)17-18(27-20(25-17)23-12-13-26-3)15-6-8-16(9-7-15)24-19-21-10-5-11-22-19/h5-11,14H,4,12-13H2,1-3H3,(H,23,25)(H,21,22,24). The van der Waals surface area contributed by atoms with E-state index in [1.165, 1.54) is 10.4 Å². The second kappa shape index (κ2) is 9.43. The van der Waals surface area contributed by atoms with Crippen LogP contribution in [0.2, 0.25) is 0 Å². The van der Waals surface area contributed by atoms with Crippen LogP contribution in [-0.2, 0) is 4.74 Å². The highest BCUT2D eigenvalue weighted by Crippen LogP contribution is 2.38. The van der Waals surface area contributed by atoms with E-state index in [2.05, 4.69) is 46.6 Å². The monoisotopic (exact) mass is 383 g/mol. The van der Waals surface area contributed by atoms with Crippen LogP contribution in [0.1, 0.15) is 31.9 Å². The zero-order valence-corrected chi connectivity index (χ0v) is 16.7. The third-order valence-corrected chi connectivity index (χ3v) is 5.36. The molecule has 27 heavy (non-hydrogen) atoms. The highest BCUT2D eigenvalue weighted by Gasteiger charge is 2.17. The first-order chi connectivity index (χ1) is 13.2. The fourth-order valence-corrected chi connectivity index (χ4v) is 3.72. The van der Waals surface area contributed by atoms with E-state index >= 15 is 0 Å². The maximum atomic E-state index is 5.11. The zero-order chi connectivity index (χ0) is 19.1. The number of aromatic nitrogens is 3. The molecule has 1 aromatic carbocycles. The maximum Gasteiger partial charge on any atom is 0.227 e. The molecule has 0 radical (unpaired) electrons. The van der Waals surface area contributed by atoms with E-state index in [-0.39, 0.29) is 0 Å². The number of methoxy groups -OCH3 is 1. The highest BCUT2D eigenvalue weighted by molar-refractivity contribution is 7.19. The summed E-state index contributed by atoms with van der Waals surface area (Å²) in [6, 6.07) is 10.1. The van der Waals surface area contributed by atoms with E-state index in [0.29, 0.717) is 18.5 Å². The Labute approximate surface area is 164 Å². The average molecular weight is 384 g/mol. The molecule has 142 valence electrons. The molecule has 0 saturated heterocycles. The molecule has 0 aliphatic heterocycles. The van der Waals surface area contributed by atoms with Gasteiger partial charge in [-0.25, -0.2) is 15.0 Å². The van der Waals surface area contributed by atoms with Crippen LogP contribution in [0.3, 0.4) is 0 Å². The number of hydrogen-bond donors (Lipinski definition) is 2. The average Bonchev–Trinajstić information content (AvgIpc) is 3.13. The van der Waals surface area contributed by atoms with Crippen molar-refractivity contribution in [2.75, 3.05) is 30.9 Å². The molecule has 7 heteroatoms. The lowest BCUT2D eigenvalue weighted by atomic mass is 10.0. The number of nitrogens with one attached hydrogen (secondary N) is 2.